The summed E-state index contributed by atoms with van der Waals surface area (Å²) in [5.41, 5.74) is 1.02. The Hall–Kier alpha value is -1.78. The first-order valence-electron chi connectivity index (χ1n) is 6.88. The summed E-state index contributed by atoms with van der Waals surface area (Å²) in [7, 11) is 0. The number of hydrogen-bond donors (Lipinski definition) is 2. The fourth-order valence-electron chi connectivity index (χ4n) is 2.01. The molecule has 0 unspecified atom stereocenters. The van der Waals surface area contributed by atoms with E-state index in [9.17, 15) is 4.79 Å². The van der Waals surface area contributed by atoms with Gasteiger partial charge in [0.2, 0.25) is 5.91 Å². The number of carbonyl (C=O) groups is 1. The lowest BCUT2D eigenvalue weighted by atomic mass is 10.1. The highest BCUT2D eigenvalue weighted by Gasteiger charge is 2.12. The number of furan rings is 1. The summed E-state index contributed by atoms with van der Waals surface area (Å²) in [5.74, 6) is 0.754. The van der Waals surface area contributed by atoms with Crippen molar-refractivity contribution in [2.24, 2.45) is 0 Å². The van der Waals surface area contributed by atoms with Gasteiger partial charge in [0.05, 0.1) is 24.9 Å². The second kappa shape index (κ2) is 7.29. The van der Waals surface area contributed by atoms with E-state index >= 15 is 0 Å². The molecule has 0 spiro atoms. The maximum Gasteiger partial charge on any atom is 0.234 e. The van der Waals surface area contributed by atoms with E-state index in [1.54, 1.807) is 6.26 Å². The predicted octanol–water partition coefficient (Wildman–Crippen LogP) is 3.46. The molecule has 1 aromatic heterocycles. The molecule has 1 heterocycles. The van der Waals surface area contributed by atoms with Crippen molar-refractivity contribution >= 4 is 17.5 Å². The molecule has 21 heavy (non-hydrogen) atoms. The lowest BCUT2D eigenvalue weighted by Gasteiger charge is -2.16. The third-order valence-corrected chi connectivity index (χ3v) is 3.54. The van der Waals surface area contributed by atoms with Crippen LogP contribution in [0.5, 0.6) is 0 Å². The second-order valence-electron chi connectivity index (χ2n) is 4.96. The van der Waals surface area contributed by atoms with Crippen molar-refractivity contribution in [3.63, 3.8) is 0 Å². The van der Waals surface area contributed by atoms with E-state index in [0.29, 0.717) is 5.02 Å². The Morgan fingerprint density at radius 3 is 2.52 bits per heavy atom. The number of rotatable bonds is 6. The number of halogens is 1. The Morgan fingerprint density at radius 1 is 1.19 bits per heavy atom. The van der Waals surface area contributed by atoms with Gasteiger partial charge in [-0.2, -0.15) is 0 Å². The Balaban J connectivity index is 1.80. The van der Waals surface area contributed by atoms with Gasteiger partial charge < -0.3 is 9.73 Å². The lowest BCUT2D eigenvalue weighted by molar-refractivity contribution is -0.121. The molecule has 0 aliphatic heterocycles. The van der Waals surface area contributed by atoms with Gasteiger partial charge >= 0.3 is 0 Å². The summed E-state index contributed by atoms with van der Waals surface area (Å²) >= 11 is 5.85. The van der Waals surface area contributed by atoms with Crippen molar-refractivity contribution in [1.29, 1.82) is 0 Å². The molecule has 2 rings (SSSR count). The van der Waals surface area contributed by atoms with Crippen molar-refractivity contribution in [3.05, 3.63) is 59.0 Å². The van der Waals surface area contributed by atoms with Crippen molar-refractivity contribution in [2.75, 3.05) is 6.54 Å². The summed E-state index contributed by atoms with van der Waals surface area (Å²) in [4.78, 5) is 11.9. The molecule has 2 N–H and O–H groups in total. The lowest BCUT2D eigenvalue weighted by Crippen LogP contribution is -2.36. The van der Waals surface area contributed by atoms with Gasteiger partial charge in [-0.1, -0.05) is 23.7 Å². The third kappa shape index (κ3) is 4.62. The number of benzene rings is 1. The highest BCUT2D eigenvalue weighted by Crippen LogP contribution is 2.16. The van der Waals surface area contributed by atoms with Crippen LogP contribution in [0.15, 0.2) is 47.1 Å². The van der Waals surface area contributed by atoms with Crippen molar-refractivity contribution < 1.29 is 9.21 Å². The molecule has 0 saturated heterocycles. The summed E-state index contributed by atoms with van der Waals surface area (Å²) in [6, 6.07) is 11.1. The quantitative estimate of drug-likeness (QED) is 0.859. The smallest absolute Gasteiger partial charge is 0.234 e. The Morgan fingerprint density at radius 2 is 1.90 bits per heavy atom. The zero-order valence-electron chi connectivity index (χ0n) is 12.1. The van der Waals surface area contributed by atoms with Crippen LogP contribution in [0.1, 0.15) is 37.3 Å². The highest BCUT2D eigenvalue weighted by atomic mass is 35.5. The maximum absolute atomic E-state index is 11.9. The Kier molecular flexibility index (Phi) is 5.42. The van der Waals surface area contributed by atoms with Gasteiger partial charge in [-0.3, -0.25) is 10.1 Å². The number of amides is 1. The van der Waals surface area contributed by atoms with Crippen LogP contribution in [0.4, 0.5) is 0 Å². The molecule has 0 fully saturated rings. The molecule has 0 aliphatic carbocycles. The fraction of sp³-hybridized carbons (Fsp3) is 0.312. The molecule has 1 amide bonds. The first-order chi connectivity index (χ1) is 10.1. The average molecular weight is 307 g/mol. The molecular weight excluding hydrogens is 288 g/mol. The second-order valence-corrected chi connectivity index (χ2v) is 5.40. The van der Waals surface area contributed by atoms with E-state index in [1.807, 2.05) is 50.2 Å². The minimum Gasteiger partial charge on any atom is -0.468 e. The average Bonchev–Trinajstić information content (AvgIpc) is 2.99. The molecule has 4 nitrogen and oxygen atoms in total. The topological polar surface area (TPSA) is 54.3 Å². The van der Waals surface area contributed by atoms with E-state index < -0.39 is 0 Å². The number of hydrogen-bond acceptors (Lipinski definition) is 3. The van der Waals surface area contributed by atoms with Gasteiger partial charge in [-0.15, -0.1) is 0 Å². The minimum atomic E-state index is -0.0597. The summed E-state index contributed by atoms with van der Waals surface area (Å²) < 4.78 is 5.28. The van der Waals surface area contributed by atoms with Crippen LogP contribution >= 0.6 is 11.6 Å². The predicted molar refractivity (Wildman–Crippen MR) is 83.1 cm³/mol. The molecule has 2 atom stereocenters. The van der Waals surface area contributed by atoms with E-state index in [-0.39, 0.29) is 24.5 Å². The molecule has 112 valence electrons. The Bertz CT molecular complexity index is 566. The van der Waals surface area contributed by atoms with Crippen LogP contribution in [0.25, 0.3) is 0 Å². The van der Waals surface area contributed by atoms with Crippen molar-refractivity contribution in [3.8, 4) is 0 Å². The van der Waals surface area contributed by atoms with Crippen molar-refractivity contribution in [1.82, 2.24) is 10.6 Å². The normalized spacial score (nSPS) is 13.7. The van der Waals surface area contributed by atoms with Crippen LogP contribution in [0, 0.1) is 0 Å². The number of carbonyl (C=O) groups excluding carboxylic acids is 1. The molecule has 0 aliphatic rings. The molecular formula is C16H19ClN2O2. The SMILES string of the molecule is C[C@H](NCC(=O)N[C@H](C)c1ccc(Cl)cc1)c1ccco1. The van der Waals surface area contributed by atoms with Gasteiger partial charge in [0, 0.05) is 5.02 Å². The maximum atomic E-state index is 11.9. The van der Waals surface area contributed by atoms with Gasteiger partial charge in [-0.25, -0.2) is 0 Å². The molecule has 0 saturated carbocycles. The Labute approximate surface area is 129 Å². The summed E-state index contributed by atoms with van der Waals surface area (Å²) in [6.45, 7) is 4.13. The first kappa shape index (κ1) is 15.6. The molecule has 0 bridgehead atoms. The fourth-order valence-corrected chi connectivity index (χ4v) is 2.14. The van der Waals surface area contributed by atoms with Gasteiger partial charge in [-0.05, 0) is 43.7 Å². The molecule has 2 aromatic rings. The van der Waals surface area contributed by atoms with Crippen LogP contribution in [-0.4, -0.2) is 12.5 Å². The van der Waals surface area contributed by atoms with E-state index in [0.717, 1.165) is 11.3 Å². The first-order valence-corrected chi connectivity index (χ1v) is 7.25. The van der Waals surface area contributed by atoms with Gasteiger partial charge in [0.15, 0.2) is 0 Å². The zero-order valence-corrected chi connectivity index (χ0v) is 12.9. The van der Waals surface area contributed by atoms with Crippen LogP contribution in [0.3, 0.4) is 0 Å². The monoisotopic (exact) mass is 306 g/mol. The highest BCUT2D eigenvalue weighted by molar-refractivity contribution is 6.30. The summed E-state index contributed by atoms with van der Waals surface area (Å²) in [6.07, 6.45) is 1.62. The van der Waals surface area contributed by atoms with E-state index in [2.05, 4.69) is 10.6 Å². The van der Waals surface area contributed by atoms with Gasteiger partial charge in [0.25, 0.3) is 0 Å². The minimum absolute atomic E-state index is 0.00316. The zero-order chi connectivity index (χ0) is 15.2. The van der Waals surface area contributed by atoms with Crippen LogP contribution in [-0.2, 0) is 4.79 Å². The largest absolute Gasteiger partial charge is 0.468 e. The van der Waals surface area contributed by atoms with Crippen LogP contribution < -0.4 is 10.6 Å². The third-order valence-electron chi connectivity index (χ3n) is 3.29. The van der Waals surface area contributed by atoms with E-state index in [1.165, 1.54) is 0 Å². The standard InChI is InChI=1S/C16H19ClN2O2/c1-11(13-5-7-14(17)8-6-13)19-16(20)10-18-12(2)15-4-3-9-21-15/h3-9,11-12,18H,10H2,1-2H3,(H,19,20)/t11-,12+/m1/s1. The molecule has 1 aromatic carbocycles. The van der Waals surface area contributed by atoms with Gasteiger partial charge in [0.1, 0.15) is 5.76 Å². The molecule has 0 radical (unpaired) electrons. The summed E-state index contributed by atoms with van der Waals surface area (Å²) in [5, 5.41) is 6.75. The van der Waals surface area contributed by atoms with E-state index in [4.69, 9.17) is 16.0 Å². The molecule has 5 heteroatoms. The van der Waals surface area contributed by atoms with Crippen molar-refractivity contribution in [2.45, 2.75) is 25.9 Å². The van der Waals surface area contributed by atoms with Crippen LogP contribution in [0.2, 0.25) is 5.02 Å². The number of nitrogens with one attached hydrogen (secondary N) is 2.